The highest BCUT2D eigenvalue weighted by molar-refractivity contribution is 6.31. The maximum absolute atomic E-state index is 11.2. The second-order valence-corrected chi connectivity index (χ2v) is 4.15. The fraction of sp³-hybridized carbons (Fsp3) is 0.300. The molecule has 74 valence electrons. The van der Waals surface area contributed by atoms with Crippen LogP contribution >= 0.6 is 11.6 Å². The van der Waals surface area contributed by atoms with Crippen molar-refractivity contribution < 1.29 is 9.53 Å². The van der Waals surface area contributed by atoms with Gasteiger partial charge >= 0.3 is 6.09 Å². The van der Waals surface area contributed by atoms with E-state index in [4.69, 9.17) is 16.3 Å². The average Bonchev–Trinajstić information content (AvgIpc) is 2.00. The van der Waals surface area contributed by atoms with Crippen LogP contribution in [0, 0.1) is 0 Å². The Bertz CT molecular complexity index is 401. The molecule has 1 heterocycles. The Morgan fingerprint density at radius 1 is 1.43 bits per heavy atom. The van der Waals surface area contributed by atoms with Crippen molar-refractivity contribution in [2.75, 3.05) is 5.32 Å². The second kappa shape index (κ2) is 2.89. The molecule has 0 aromatic heterocycles. The number of halogens is 1. The quantitative estimate of drug-likeness (QED) is 0.716. The number of benzene rings is 1. The number of ether oxygens (including phenoxy) is 1. The molecule has 0 saturated heterocycles. The first-order valence-electron chi connectivity index (χ1n) is 4.29. The first kappa shape index (κ1) is 9.34. The normalized spacial score (nSPS) is 18.1. The molecule has 1 amide bonds. The van der Waals surface area contributed by atoms with Gasteiger partial charge in [-0.15, -0.1) is 0 Å². The fourth-order valence-electron chi connectivity index (χ4n) is 1.57. The standard InChI is InChI=1S/C10H10ClNO2/c1-10(2)7-4-3-6(11)5-8(7)12-9(13)14-10/h3-5H,1-2H3,(H,12,13). The van der Waals surface area contributed by atoms with Crippen LogP contribution in [-0.2, 0) is 10.3 Å². The van der Waals surface area contributed by atoms with Crippen LogP contribution in [0.3, 0.4) is 0 Å². The van der Waals surface area contributed by atoms with E-state index < -0.39 is 11.7 Å². The number of amides is 1. The predicted molar refractivity (Wildman–Crippen MR) is 54.6 cm³/mol. The highest BCUT2D eigenvalue weighted by Crippen LogP contribution is 2.36. The van der Waals surface area contributed by atoms with Crippen molar-refractivity contribution in [2.24, 2.45) is 0 Å². The van der Waals surface area contributed by atoms with Gasteiger partial charge in [0.1, 0.15) is 5.60 Å². The lowest BCUT2D eigenvalue weighted by Crippen LogP contribution is -2.34. The molecule has 1 aliphatic rings. The summed E-state index contributed by atoms with van der Waals surface area (Å²) in [5.74, 6) is 0. The summed E-state index contributed by atoms with van der Waals surface area (Å²) in [5, 5.41) is 3.21. The Kier molecular flexibility index (Phi) is 1.93. The number of cyclic esters (lactones) is 1. The lowest BCUT2D eigenvalue weighted by atomic mass is 9.95. The minimum absolute atomic E-state index is 0.440. The van der Waals surface area contributed by atoms with E-state index in [0.717, 1.165) is 11.3 Å². The van der Waals surface area contributed by atoms with Crippen LogP contribution in [0.25, 0.3) is 0 Å². The van der Waals surface area contributed by atoms with Gasteiger partial charge < -0.3 is 4.74 Å². The van der Waals surface area contributed by atoms with Crippen LogP contribution in [-0.4, -0.2) is 6.09 Å². The van der Waals surface area contributed by atoms with Crippen molar-refractivity contribution in [1.29, 1.82) is 0 Å². The topological polar surface area (TPSA) is 38.3 Å². The summed E-state index contributed by atoms with van der Waals surface area (Å²) < 4.78 is 5.15. The minimum atomic E-state index is -0.595. The second-order valence-electron chi connectivity index (χ2n) is 3.71. The third-order valence-corrected chi connectivity index (χ3v) is 2.45. The van der Waals surface area contributed by atoms with Gasteiger partial charge in [0.15, 0.2) is 0 Å². The van der Waals surface area contributed by atoms with Crippen molar-refractivity contribution in [2.45, 2.75) is 19.4 Å². The van der Waals surface area contributed by atoms with E-state index in [1.807, 2.05) is 19.9 Å². The third-order valence-electron chi connectivity index (χ3n) is 2.21. The van der Waals surface area contributed by atoms with Gasteiger partial charge in [-0.1, -0.05) is 17.7 Å². The molecule has 0 atom stereocenters. The van der Waals surface area contributed by atoms with Gasteiger partial charge in [-0.25, -0.2) is 4.79 Å². The van der Waals surface area contributed by atoms with Gasteiger partial charge in [0.2, 0.25) is 0 Å². The van der Waals surface area contributed by atoms with Crippen molar-refractivity contribution in [3.63, 3.8) is 0 Å². The summed E-state index contributed by atoms with van der Waals surface area (Å²) in [4.78, 5) is 11.2. The molecule has 0 unspecified atom stereocenters. The van der Waals surface area contributed by atoms with Crippen LogP contribution in [0.1, 0.15) is 19.4 Å². The Labute approximate surface area is 87.0 Å². The number of carbonyl (C=O) groups excluding carboxylic acids is 1. The number of rotatable bonds is 0. The van der Waals surface area contributed by atoms with Crippen LogP contribution in [0.5, 0.6) is 0 Å². The van der Waals surface area contributed by atoms with Crippen LogP contribution in [0.15, 0.2) is 18.2 Å². The average molecular weight is 212 g/mol. The van der Waals surface area contributed by atoms with E-state index in [-0.39, 0.29) is 0 Å². The third kappa shape index (κ3) is 1.44. The zero-order valence-corrected chi connectivity index (χ0v) is 8.68. The van der Waals surface area contributed by atoms with E-state index >= 15 is 0 Å². The SMILES string of the molecule is CC1(C)OC(=O)Nc2cc(Cl)ccc21. The fourth-order valence-corrected chi connectivity index (χ4v) is 1.74. The number of hydrogen-bond acceptors (Lipinski definition) is 2. The van der Waals surface area contributed by atoms with Crippen molar-refractivity contribution in [3.05, 3.63) is 28.8 Å². The number of carbonyl (C=O) groups is 1. The molecular formula is C10H10ClNO2. The molecule has 0 fully saturated rings. The summed E-state index contributed by atoms with van der Waals surface area (Å²) in [6, 6.07) is 5.36. The number of nitrogens with one attached hydrogen (secondary N) is 1. The minimum Gasteiger partial charge on any atom is -0.438 e. The van der Waals surface area contributed by atoms with Gasteiger partial charge in [-0.3, -0.25) is 5.32 Å². The summed E-state index contributed by atoms with van der Waals surface area (Å²) in [6.07, 6.45) is -0.440. The largest absolute Gasteiger partial charge is 0.438 e. The Morgan fingerprint density at radius 2 is 2.14 bits per heavy atom. The van der Waals surface area contributed by atoms with Gasteiger partial charge in [-0.05, 0) is 26.0 Å². The summed E-state index contributed by atoms with van der Waals surface area (Å²) in [5.41, 5.74) is 1.06. The molecule has 3 nitrogen and oxygen atoms in total. The molecule has 14 heavy (non-hydrogen) atoms. The molecule has 1 N–H and O–H groups in total. The maximum atomic E-state index is 11.2. The van der Waals surface area contributed by atoms with Crippen molar-refractivity contribution >= 4 is 23.4 Å². The van der Waals surface area contributed by atoms with Gasteiger partial charge in [0, 0.05) is 10.6 Å². The highest BCUT2D eigenvalue weighted by Gasteiger charge is 2.33. The first-order chi connectivity index (χ1) is 6.49. The number of hydrogen-bond donors (Lipinski definition) is 1. The summed E-state index contributed by atoms with van der Waals surface area (Å²) in [7, 11) is 0. The predicted octanol–water partition coefficient (Wildman–Crippen LogP) is 3.14. The zero-order chi connectivity index (χ0) is 10.3. The Hall–Kier alpha value is -1.22. The van der Waals surface area contributed by atoms with E-state index in [2.05, 4.69) is 5.32 Å². The lowest BCUT2D eigenvalue weighted by Gasteiger charge is -2.32. The van der Waals surface area contributed by atoms with Crippen LogP contribution in [0.4, 0.5) is 10.5 Å². The number of fused-ring (bicyclic) bond motifs is 1. The van der Waals surface area contributed by atoms with Gasteiger partial charge in [0.05, 0.1) is 5.69 Å². The molecule has 0 radical (unpaired) electrons. The lowest BCUT2D eigenvalue weighted by molar-refractivity contribution is 0.0420. The maximum Gasteiger partial charge on any atom is 0.412 e. The molecule has 0 spiro atoms. The molecule has 1 aliphatic heterocycles. The Morgan fingerprint density at radius 3 is 2.86 bits per heavy atom. The first-order valence-corrected chi connectivity index (χ1v) is 4.67. The molecule has 4 heteroatoms. The number of anilines is 1. The Balaban J connectivity index is 2.57. The van der Waals surface area contributed by atoms with Crippen molar-refractivity contribution in [1.82, 2.24) is 0 Å². The molecule has 2 rings (SSSR count). The molecule has 1 aromatic carbocycles. The van der Waals surface area contributed by atoms with Crippen molar-refractivity contribution in [3.8, 4) is 0 Å². The van der Waals surface area contributed by atoms with Crippen LogP contribution < -0.4 is 5.32 Å². The monoisotopic (exact) mass is 211 g/mol. The van der Waals surface area contributed by atoms with Gasteiger partial charge in [0.25, 0.3) is 0 Å². The van der Waals surface area contributed by atoms with E-state index in [1.165, 1.54) is 0 Å². The molecule has 0 bridgehead atoms. The van der Waals surface area contributed by atoms with E-state index in [9.17, 15) is 4.79 Å². The molecule has 0 aliphatic carbocycles. The molecule has 1 aromatic rings. The summed E-state index contributed by atoms with van der Waals surface area (Å²) >= 11 is 5.83. The van der Waals surface area contributed by atoms with E-state index in [0.29, 0.717) is 5.02 Å². The molecular weight excluding hydrogens is 202 g/mol. The van der Waals surface area contributed by atoms with Crippen LogP contribution in [0.2, 0.25) is 5.02 Å². The smallest absolute Gasteiger partial charge is 0.412 e. The highest BCUT2D eigenvalue weighted by atomic mass is 35.5. The zero-order valence-electron chi connectivity index (χ0n) is 7.93. The van der Waals surface area contributed by atoms with Gasteiger partial charge in [-0.2, -0.15) is 0 Å². The summed E-state index contributed by atoms with van der Waals surface area (Å²) in [6.45, 7) is 3.69. The molecule has 0 saturated carbocycles. The van der Waals surface area contributed by atoms with E-state index in [1.54, 1.807) is 12.1 Å².